The summed E-state index contributed by atoms with van der Waals surface area (Å²) >= 11 is 0. The molecule has 0 unspecified atom stereocenters. The first-order valence-electron chi connectivity index (χ1n) is 18.9. The van der Waals surface area contributed by atoms with Gasteiger partial charge in [-0.2, -0.15) is 5.10 Å². The number of aromatic nitrogens is 8. The number of nitrogens with zero attached hydrogens (tertiary/aromatic N) is 8. The van der Waals surface area contributed by atoms with Crippen molar-refractivity contribution in [1.29, 1.82) is 0 Å². The molecule has 0 N–H and O–H groups in total. The van der Waals surface area contributed by atoms with Crippen molar-refractivity contribution < 1.29 is 19.8 Å². The van der Waals surface area contributed by atoms with Gasteiger partial charge in [-0.05, 0) is 53.7 Å². The Morgan fingerprint density at radius 2 is 1.11 bits per heavy atom. The molecule has 8 aromatic rings. The molecule has 0 atom stereocenters. The SMILES string of the molecule is CC(C)(C)c1cc(-c2nccc3ccccc23)[n-]n1.CC(C)(C)c1n[n-]c(-c2cc3ccccc3nn2)n1.C[PH+](C)c1ccccc1.C[PH+](C)c1ccccc1.[Os+2]. The van der Waals surface area contributed by atoms with Gasteiger partial charge in [0.15, 0.2) is 0 Å². The van der Waals surface area contributed by atoms with Crippen LogP contribution in [0.15, 0.2) is 134 Å². The third-order valence-electron chi connectivity index (χ3n) is 8.77. The van der Waals surface area contributed by atoms with Crippen LogP contribution in [0.5, 0.6) is 0 Å². The molecule has 0 aliphatic rings. The number of pyridine rings is 1. The third kappa shape index (κ3) is 13.0. The van der Waals surface area contributed by atoms with E-state index in [9.17, 15) is 0 Å². The van der Waals surface area contributed by atoms with E-state index in [1.54, 1.807) is 0 Å². The van der Waals surface area contributed by atoms with Crippen molar-refractivity contribution in [2.24, 2.45) is 0 Å². The van der Waals surface area contributed by atoms with Gasteiger partial charge in [0.1, 0.15) is 0 Å². The molecule has 4 aromatic carbocycles. The van der Waals surface area contributed by atoms with Crippen molar-refractivity contribution in [1.82, 2.24) is 40.6 Å². The van der Waals surface area contributed by atoms with Crippen molar-refractivity contribution in [3.05, 3.63) is 145 Å². The number of hydrogen-bond acceptors (Lipinski definition) is 6. The average Bonchev–Trinajstić information content (AvgIpc) is 3.91. The summed E-state index contributed by atoms with van der Waals surface area (Å²) in [7, 11) is -0.424. The van der Waals surface area contributed by atoms with Gasteiger partial charge in [-0.25, -0.2) is 0 Å². The number of hydrogen-bond donors (Lipinski definition) is 0. The molecule has 0 spiro atoms. The van der Waals surface area contributed by atoms with Gasteiger partial charge >= 0.3 is 19.8 Å². The summed E-state index contributed by atoms with van der Waals surface area (Å²) in [5.74, 6) is 1.25. The van der Waals surface area contributed by atoms with Crippen molar-refractivity contribution in [2.75, 3.05) is 26.7 Å². The van der Waals surface area contributed by atoms with Crippen LogP contribution in [0.3, 0.4) is 0 Å². The Bertz CT molecular complexity index is 2360. The Hall–Kier alpha value is -4.52. The predicted molar refractivity (Wildman–Crippen MR) is 242 cm³/mol. The normalized spacial score (nSPS) is 11.2. The van der Waals surface area contributed by atoms with Crippen LogP contribution in [0, 0.1) is 0 Å². The van der Waals surface area contributed by atoms with E-state index in [2.05, 4.69) is 182 Å². The molecule has 8 nitrogen and oxygen atoms in total. The van der Waals surface area contributed by atoms with E-state index in [4.69, 9.17) is 0 Å². The van der Waals surface area contributed by atoms with Crippen LogP contribution in [0.1, 0.15) is 53.1 Å². The Kier molecular flexibility index (Phi) is 16.5. The number of benzene rings is 4. The molecule has 8 rings (SSSR count). The quantitative estimate of drug-likeness (QED) is 0.161. The Balaban J connectivity index is 0.000000178. The van der Waals surface area contributed by atoms with Crippen molar-refractivity contribution in [3.8, 4) is 22.9 Å². The van der Waals surface area contributed by atoms with E-state index in [0.29, 0.717) is 11.5 Å². The minimum atomic E-state index is -0.212. The molecule has 57 heavy (non-hydrogen) atoms. The second-order valence-electron chi connectivity index (χ2n) is 16.0. The minimum absolute atomic E-state index is 0. The standard InChI is InChI=1S/C16H16N3.C14H14N5.2C8H11P.Os/c1-16(2,3)14-10-13(18-19-14)15-12-7-5-4-6-11(12)8-9-17-15;1-14(2,3)13-15-12(18-19-13)11-8-9-6-4-5-7-10(9)16-17-11;2*1-9(2)8-6-4-3-5-7-8;/h4-10H,1-3H3;4-8H,1-3H3;2*3-7H,1-2H3;/q2*-1;;;+2/p+2. The molecule has 4 heterocycles. The fourth-order valence-electron chi connectivity index (χ4n) is 5.40. The summed E-state index contributed by atoms with van der Waals surface area (Å²) in [6.45, 7) is 21.8. The summed E-state index contributed by atoms with van der Waals surface area (Å²) in [6.07, 6.45) is 1.82. The van der Waals surface area contributed by atoms with Gasteiger partial charge in [-0.1, -0.05) is 132 Å². The zero-order valence-corrected chi connectivity index (χ0v) is 39.2. The average molecular weight is 971 g/mol. The Morgan fingerprint density at radius 3 is 1.63 bits per heavy atom. The first kappa shape index (κ1) is 45.2. The fraction of sp³-hybridized carbons (Fsp3) is 0.261. The van der Waals surface area contributed by atoms with E-state index in [0.717, 1.165) is 39.2 Å². The van der Waals surface area contributed by atoms with E-state index >= 15 is 0 Å². The first-order valence-corrected chi connectivity index (χ1v) is 23.9. The molecule has 4 aromatic heterocycles. The van der Waals surface area contributed by atoms with Crippen LogP contribution in [0.25, 0.3) is 44.6 Å². The van der Waals surface area contributed by atoms with Gasteiger partial charge in [-0.15, -0.1) is 5.10 Å². The molecule has 0 aliphatic heterocycles. The van der Waals surface area contributed by atoms with E-state index in [-0.39, 0.29) is 46.5 Å². The van der Waals surface area contributed by atoms with Gasteiger partial charge in [-0.3, -0.25) is 10.1 Å². The number of rotatable bonds is 4. The molecule has 11 heteroatoms. The summed E-state index contributed by atoms with van der Waals surface area (Å²) in [6, 6.07) is 43.4. The zero-order chi connectivity index (χ0) is 40.3. The van der Waals surface area contributed by atoms with Crippen molar-refractivity contribution in [2.45, 2.75) is 52.4 Å². The molecular weight excluding hydrogens is 917 g/mol. The van der Waals surface area contributed by atoms with Crippen LogP contribution < -0.4 is 20.8 Å². The number of fused-ring (bicyclic) bond motifs is 2. The fourth-order valence-corrected chi connectivity index (χ4v) is 7.12. The van der Waals surface area contributed by atoms with Gasteiger partial charge in [0.25, 0.3) is 0 Å². The van der Waals surface area contributed by atoms with Gasteiger partial charge in [0.05, 0.1) is 54.2 Å². The minimum Gasteiger partial charge on any atom is -0.573 e. The molecule has 0 fully saturated rings. The molecule has 0 saturated heterocycles. The van der Waals surface area contributed by atoms with Crippen molar-refractivity contribution in [3.63, 3.8) is 0 Å². The molecule has 0 saturated carbocycles. The van der Waals surface area contributed by atoms with Crippen LogP contribution in [0.2, 0.25) is 0 Å². The molecule has 294 valence electrons. The van der Waals surface area contributed by atoms with Gasteiger partial charge in [0.2, 0.25) is 0 Å². The predicted octanol–water partition coefficient (Wildman–Crippen LogP) is 9.46. The topological polar surface area (TPSA) is 106 Å². The molecular formula is C46H54N8OsP2+2. The van der Waals surface area contributed by atoms with Gasteiger partial charge < -0.3 is 20.3 Å². The summed E-state index contributed by atoms with van der Waals surface area (Å²) in [5.41, 5.74) is 4.16. The van der Waals surface area contributed by atoms with Crippen LogP contribution >= 0.6 is 15.8 Å². The van der Waals surface area contributed by atoms with Crippen LogP contribution in [-0.4, -0.2) is 57.0 Å². The second-order valence-corrected chi connectivity index (χ2v) is 21.1. The zero-order valence-electron chi connectivity index (χ0n) is 34.6. The maximum Gasteiger partial charge on any atom is 2.00 e. The van der Waals surface area contributed by atoms with Crippen LogP contribution in [-0.2, 0) is 30.6 Å². The maximum absolute atomic E-state index is 4.47. The van der Waals surface area contributed by atoms with Crippen LogP contribution in [0.4, 0.5) is 0 Å². The largest absolute Gasteiger partial charge is 2.00 e. The third-order valence-corrected chi connectivity index (χ3v) is 11.7. The van der Waals surface area contributed by atoms with E-state index < -0.39 is 0 Å². The molecule has 0 bridgehead atoms. The maximum atomic E-state index is 4.47. The smallest absolute Gasteiger partial charge is 0.573 e. The molecule has 0 aliphatic carbocycles. The summed E-state index contributed by atoms with van der Waals surface area (Å²) < 4.78 is 0. The summed E-state index contributed by atoms with van der Waals surface area (Å²) in [4.78, 5) is 8.90. The van der Waals surface area contributed by atoms with E-state index in [1.807, 2.05) is 60.8 Å². The first-order chi connectivity index (χ1) is 26.7. The Morgan fingerprint density at radius 1 is 0.544 bits per heavy atom. The molecule has 0 radical (unpaired) electrons. The van der Waals surface area contributed by atoms with Gasteiger partial charge in [0, 0.05) is 55.2 Å². The Labute approximate surface area is 353 Å². The summed E-state index contributed by atoms with van der Waals surface area (Å²) in [5, 5.41) is 31.5. The van der Waals surface area contributed by atoms with Crippen molar-refractivity contribution >= 4 is 48.1 Å². The second kappa shape index (κ2) is 20.8. The molecule has 0 amide bonds. The van der Waals surface area contributed by atoms with E-state index in [1.165, 1.54) is 16.0 Å². The monoisotopic (exact) mass is 972 g/mol.